The Morgan fingerprint density at radius 2 is 1.64 bits per heavy atom. The molecule has 0 radical (unpaired) electrons. The minimum atomic E-state index is -0.578. The van der Waals surface area contributed by atoms with Crippen LogP contribution in [0.2, 0.25) is 0 Å². The normalized spacial score (nSPS) is 12.6. The van der Waals surface area contributed by atoms with Crippen LogP contribution in [0.4, 0.5) is 5.69 Å². The van der Waals surface area contributed by atoms with Crippen molar-refractivity contribution in [3.05, 3.63) is 83.4 Å². The largest absolute Gasteiger partial charge is 0.399 e. The number of nitrogens with zero attached hydrogens (tertiary/aromatic N) is 1. The number of carbonyl (C=O) groups is 1. The van der Waals surface area contributed by atoms with Gasteiger partial charge in [0.2, 0.25) is 0 Å². The number of anilines is 1. The number of hydrogen-bond acceptors (Lipinski definition) is 4. The lowest BCUT2D eigenvalue weighted by atomic mass is 9.94. The van der Waals surface area contributed by atoms with Crippen molar-refractivity contribution >= 4 is 45.4 Å². The maximum atomic E-state index is 12.8. The van der Waals surface area contributed by atoms with Gasteiger partial charge in [0.25, 0.3) is 0 Å². The number of hydrogen-bond donors (Lipinski definition) is 2. The van der Waals surface area contributed by atoms with Crippen LogP contribution in [0.15, 0.2) is 66.7 Å². The summed E-state index contributed by atoms with van der Waals surface area (Å²) in [5.74, 6) is -0.0928. The van der Waals surface area contributed by atoms with E-state index in [1.54, 1.807) is 6.92 Å². The topological polar surface area (TPSA) is 82.0 Å². The molecule has 1 heterocycles. The Morgan fingerprint density at radius 3 is 2.39 bits per heavy atom. The molecule has 0 aliphatic heterocycles. The summed E-state index contributed by atoms with van der Waals surface area (Å²) in [7, 11) is 0. The van der Waals surface area contributed by atoms with Crippen molar-refractivity contribution in [3.8, 4) is 0 Å². The van der Waals surface area contributed by atoms with Crippen LogP contribution >= 0.6 is 0 Å². The number of nitrogen functional groups attached to an aromatic ring is 1. The third-order valence-corrected chi connectivity index (χ3v) is 4.80. The number of fused-ring (bicyclic) bond motifs is 2. The van der Waals surface area contributed by atoms with E-state index in [1.807, 2.05) is 78.9 Å². The quantitative estimate of drug-likeness (QED) is 0.312. The minimum Gasteiger partial charge on any atom is -0.399 e. The fourth-order valence-electron chi connectivity index (χ4n) is 3.39. The van der Waals surface area contributed by atoms with E-state index in [2.05, 4.69) is 0 Å². The summed E-state index contributed by atoms with van der Waals surface area (Å²) in [5.41, 5.74) is 16.7. The van der Waals surface area contributed by atoms with Gasteiger partial charge in [0.05, 0.1) is 17.1 Å². The van der Waals surface area contributed by atoms with E-state index in [4.69, 9.17) is 16.5 Å². The zero-order valence-corrected chi connectivity index (χ0v) is 15.6. The third-order valence-electron chi connectivity index (χ3n) is 4.80. The van der Waals surface area contributed by atoms with Crippen LogP contribution in [-0.4, -0.2) is 16.8 Å². The van der Waals surface area contributed by atoms with E-state index in [-0.39, 0.29) is 5.78 Å². The molecule has 0 spiro atoms. The maximum Gasteiger partial charge on any atom is 0.179 e. The maximum absolute atomic E-state index is 12.8. The molecule has 4 nitrogen and oxygen atoms in total. The standard InChI is InChI=1S/C24H21N3O/c1-15(25)24(28)20-6-4-8-22-23(20)19(18-5-2-3-7-21(18)27-22)14-11-16-9-12-17(26)13-10-16/h2-15H,25-26H2,1H3/b14-11+/t15-/m0/s1. The SMILES string of the molecule is C[C@H](N)C(=O)c1cccc2nc3ccccc3c(/C=C/c3ccc(N)cc3)c12. The van der Waals surface area contributed by atoms with Gasteiger partial charge in [-0.2, -0.15) is 0 Å². The average molecular weight is 367 g/mol. The second kappa shape index (κ2) is 7.25. The Balaban J connectivity index is 2.02. The molecular formula is C24H21N3O. The second-order valence-corrected chi connectivity index (χ2v) is 6.90. The van der Waals surface area contributed by atoms with E-state index in [0.717, 1.165) is 38.6 Å². The van der Waals surface area contributed by atoms with Gasteiger partial charge >= 0.3 is 0 Å². The molecule has 4 heteroatoms. The van der Waals surface area contributed by atoms with E-state index in [9.17, 15) is 4.79 Å². The summed E-state index contributed by atoms with van der Waals surface area (Å²) in [6, 6.07) is 20.6. The highest BCUT2D eigenvalue weighted by molar-refractivity contribution is 6.15. The van der Waals surface area contributed by atoms with Crippen molar-refractivity contribution in [2.45, 2.75) is 13.0 Å². The predicted molar refractivity (Wildman–Crippen MR) is 117 cm³/mol. The molecule has 0 fully saturated rings. The Hall–Kier alpha value is -3.50. The number of para-hydroxylation sites is 1. The van der Waals surface area contributed by atoms with E-state index in [0.29, 0.717) is 5.56 Å². The van der Waals surface area contributed by atoms with Crippen molar-refractivity contribution < 1.29 is 4.79 Å². The second-order valence-electron chi connectivity index (χ2n) is 6.90. The van der Waals surface area contributed by atoms with Crippen LogP contribution < -0.4 is 11.5 Å². The molecular weight excluding hydrogens is 346 g/mol. The van der Waals surface area contributed by atoms with Crippen molar-refractivity contribution in [3.63, 3.8) is 0 Å². The number of Topliss-reactive ketones (excluding diaryl/α,β-unsaturated/α-hetero) is 1. The highest BCUT2D eigenvalue weighted by atomic mass is 16.1. The van der Waals surface area contributed by atoms with Crippen molar-refractivity contribution in [1.82, 2.24) is 4.98 Å². The van der Waals surface area contributed by atoms with Crippen LogP contribution in [0.25, 0.3) is 34.0 Å². The van der Waals surface area contributed by atoms with E-state index in [1.165, 1.54) is 0 Å². The van der Waals surface area contributed by atoms with E-state index < -0.39 is 6.04 Å². The molecule has 4 aromatic rings. The summed E-state index contributed by atoms with van der Waals surface area (Å²) in [6.45, 7) is 1.71. The highest BCUT2D eigenvalue weighted by Crippen LogP contribution is 2.31. The van der Waals surface area contributed by atoms with Gasteiger partial charge in [-0.1, -0.05) is 54.6 Å². The molecule has 4 rings (SSSR count). The van der Waals surface area contributed by atoms with Gasteiger partial charge in [-0.05, 0) is 42.3 Å². The number of benzene rings is 3. The molecule has 28 heavy (non-hydrogen) atoms. The predicted octanol–water partition coefficient (Wildman–Crippen LogP) is 4.67. The zero-order valence-electron chi connectivity index (χ0n) is 15.6. The molecule has 0 saturated carbocycles. The highest BCUT2D eigenvalue weighted by Gasteiger charge is 2.18. The Bertz CT molecular complexity index is 1210. The zero-order chi connectivity index (χ0) is 19.7. The Labute approximate surface area is 163 Å². The van der Waals surface area contributed by atoms with Gasteiger partial charge < -0.3 is 11.5 Å². The molecule has 3 aromatic carbocycles. The molecule has 0 saturated heterocycles. The van der Waals surface area contributed by atoms with Gasteiger partial charge in [-0.25, -0.2) is 4.98 Å². The molecule has 0 aliphatic rings. The fourth-order valence-corrected chi connectivity index (χ4v) is 3.39. The molecule has 138 valence electrons. The van der Waals surface area contributed by atoms with Crippen LogP contribution in [0.5, 0.6) is 0 Å². The van der Waals surface area contributed by atoms with Crippen molar-refractivity contribution in [2.24, 2.45) is 5.73 Å². The van der Waals surface area contributed by atoms with Crippen LogP contribution in [0, 0.1) is 0 Å². The smallest absolute Gasteiger partial charge is 0.179 e. The summed E-state index contributed by atoms with van der Waals surface area (Å²) >= 11 is 0. The Morgan fingerprint density at radius 1 is 0.929 bits per heavy atom. The first-order valence-electron chi connectivity index (χ1n) is 9.19. The average Bonchev–Trinajstić information content (AvgIpc) is 2.71. The van der Waals surface area contributed by atoms with Gasteiger partial charge in [0.15, 0.2) is 5.78 Å². The van der Waals surface area contributed by atoms with Gasteiger partial charge in [-0.3, -0.25) is 4.79 Å². The van der Waals surface area contributed by atoms with Crippen LogP contribution in [0.3, 0.4) is 0 Å². The third kappa shape index (κ3) is 3.26. The van der Waals surface area contributed by atoms with Gasteiger partial charge in [0.1, 0.15) is 0 Å². The molecule has 1 aromatic heterocycles. The minimum absolute atomic E-state index is 0.0928. The monoisotopic (exact) mass is 367 g/mol. The molecule has 1 atom stereocenters. The number of pyridine rings is 1. The van der Waals surface area contributed by atoms with Crippen molar-refractivity contribution in [1.29, 1.82) is 0 Å². The summed E-state index contributed by atoms with van der Waals surface area (Å²) in [6.07, 6.45) is 4.06. The van der Waals surface area contributed by atoms with E-state index >= 15 is 0 Å². The number of nitrogens with two attached hydrogens (primary N) is 2. The lowest BCUT2D eigenvalue weighted by molar-refractivity contribution is 0.0969. The number of aromatic nitrogens is 1. The summed E-state index contributed by atoms with van der Waals surface area (Å²) < 4.78 is 0. The summed E-state index contributed by atoms with van der Waals surface area (Å²) in [5, 5.41) is 1.82. The fraction of sp³-hybridized carbons (Fsp3) is 0.0833. The molecule has 0 aliphatic carbocycles. The summed E-state index contributed by atoms with van der Waals surface area (Å²) in [4.78, 5) is 17.5. The molecule has 0 amide bonds. The number of carbonyl (C=O) groups excluding carboxylic acids is 1. The number of ketones is 1. The molecule has 0 bridgehead atoms. The lowest BCUT2D eigenvalue weighted by Crippen LogP contribution is -2.26. The van der Waals surface area contributed by atoms with Crippen molar-refractivity contribution in [2.75, 3.05) is 5.73 Å². The first-order chi connectivity index (χ1) is 13.5. The van der Waals surface area contributed by atoms with Crippen LogP contribution in [0.1, 0.15) is 28.4 Å². The number of rotatable bonds is 4. The Kier molecular flexibility index (Phi) is 4.63. The molecule has 0 unspecified atom stereocenters. The first-order valence-corrected chi connectivity index (χ1v) is 9.19. The molecule has 4 N–H and O–H groups in total. The first kappa shape index (κ1) is 17.9. The lowest BCUT2D eigenvalue weighted by Gasteiger charge is -2.13. The van der Waals surface area contributed by atoms with Gasteiger partial charge in [-0.15, -0.1) is 0 Å². The van der Waals surface area contributed by atoms with Gasteiger partial charge in [0, 0.05) is 22.0 Å². The van der Waals surface area contributed by atoms with Crippen LogP contribution in [-0.2, 0) is 0 Å².